The van der Waals surface area contributed by atoms with Gasteiger partial charge < -0.3 is 9.47 Å². The van der Waals surface area contributed by atoms with E-state index < -0.39 is 5.97 Å². The predicted octanol–water partition coefficient (Wildman–Crippen LogP) is 3.33. The van der Waals surface area contributed by atoms with Crippen LogP contribution in [0.2, 0.25) is 0 Å². The molecule has 0 radical (unpaired) electrons. The Balaban J connectivity index is 2.13. The lowest BCUT2D eigenvalue weighted by atomic mass is 10.1. The zero-order chi connectivity index (χ0) is 16.2. The van der Waals surface area contributed by atoms with Gasteiger partial charge >= 0.3 is 5.97 Å². The van der Waals surface area contributed by atoms with Crippen LogP contribution in [-0.4, -0.2) is 30.0 Å². The second-order valence-electron chi connectivity index (χ2n) is 4.88. The topological polar surface area (TPSA) is 53.4 Å². The van der Waals surface area contributed by atoms with Crippen LogP contribution in [0.3, 0.4) is 0 Å². The molecule has 0 aliphatic heterocycles. The second kappa shape index (κ2) is 6.36. The molecule has 5 nitrogen and oxygen atoms in total. The van der Waals surface area contributed by atoms with E-state index in [9.17, 15) is 4.79 Å². The van der Waals surface area contributed by atoms with Crippen LogP contribution < -0.4 is 4.74 Å². The first kappa shape index (κ1) is 14.8. The first-order valence-corrected chi connectivity index (χ1v) is 7.11. The molecule has 3 rings (SSSR count). The number of rotatable bonds is 4. The van der Waals surface area contributed by atoms with Gasteiger partial charge in [0.2, 0.25) is 0 Å². The lowest BCUT2D eigenvalue weighted by molar-refractivity contribution is 0.0593. The first-order valence-electron chi connectivity index (χ1n) is 7.11. The third-order valence-corrected chi connectivity index (χ3v) is 3.49. The van der Waals surface area contributed by atoms with Crippen molar-refractivity contribution < 1.29 is 14.3 Å². The average molecular weight is 308 g/mol. The van der Waals surface area contributed by atoms with Gasteiger partial charge in [-0.1, -0.05) is 30.3 Å². The molecule has 0 N–H and O–H groups in total. The minimum absolute atomic E-state index is 0.266. The fourth-order valence-corrected chi connectivity index (χ4v) is 2.32. The number of aromatic nitrogens is 2. The summed E-state index contributed by atoms with van der Waals surface area (Å²) in [6, 6.07) is 19.0. The van der Waals surface area contributed by atoms with Crippen LogP contribution in [0.25, 0.3) is 16.9 Å². The molecular weight excluding hydrogens is 292 g/mol. The number of carbonyl (C=O) groups is 1. The molecule has 23 heavy (non-hydrogen) atoms. The molecule has 0 unspecified atom stereocenters. The number of esters is 1. The van der Waals surface area contributed by atoms with Crippen molar-refractivity contribution in [3.8, 4) is 22.7 Å². The van der Waals surface area contributed by atoms with E-state index in [0.717, 1.165) is 22.7 Å². The van der Waals surface area contributed by atoms with Crippen molar-refractivity contribution in [3.63, 3.8) is 0 Å². The summed E-state index contributed by atoms with van der Waals surface area (Å²) in [5.74, 6) is 0.296. The average Bonchev–Trinajstić information content (AvgIpc) is 3.07. The minimum Gasteiger partial charge on any atom is -0.497 e. The third-order valence-electron chi connectivity index (χ3n) is 3.49. The number of benzene rings is 2. The molecule has 0 spiro atoms. The summed E-state index contributed by atoms with van der Waals surface area (Å²) in [4.78, 5) is 11.8. The summed E-state index contributed by atoms with van der Waals surface area (Å²) in [6.45, 7) is 0. The highest BCUT2D eigenvalue weighted by atomic mass is 16.5. The largest absolute Gasteiger partial charge is 0.497 e. The Morgan fingerprint density at radius 1 is 1.00 bits per heavy atom. The van der Waals surface area contributed by atoms with Gasteiger partial charge in [0.1, 0.15) is 5.75 Å². The van der Waals surface area contributed by atoms with Crippen LogP contribution in [0.15, 0.2) is 60.7 Å². The highest BCUT2D eigenvalue weighted by Crippen LogP contribution is 2.25. The number of methoxy groups -OCH3 is 2. The van der Waals surface area contributed by atoms with Gasteiger partial charge in [-0.25, -0.2) is 9.48 Å². The van der Waals surface area contributed by atoms with E-state index in [0.29, 0.717) is 0 Å². The summed E-state index contributed by atoms with van der Waals surface area (Å²) < 4.78 is 11.7. The summed E-state index contributed by atoms with van der Waals surface area (Å²) >= 11 is 0. The van der Waals surface area contributed by atoms with Gasteiger partial charge in [0.05, 0.1) is 25.6 Å². The Kier molecular flexibility index (Phi) is 4.10. The van der Waals surface area contributed by atoms with Gasteiger partial charge in [-0.3, -0.25) is 0 Å². The molecular formula is C18H16N2O3. The van der Waals surface area contributed by atoms with Gasteiger partial charge in [0, 0.05) is 5.56 Å². The highest BCUT2D eigenvalue weighted by Gasteiger charge is 2.16. The van der Waals surface area contributed by atoms with E-state index >= 15 is 0 Å². The molecule has 2 aromatic carbocycles. The maximum Gasteiger partial charge on any atom is 0.358 e. The zero-order valence-corrected chi connectivity index (χ0v) is 12.9. The number of carbonyl (C=O) groups excluding carboxylic acids is 1. The van der Waals surface area contributed by atoms with E-state index in [1.165, 1.54) is 7.11 Å². The van der Waals surface area contributed by atoms with Crippen LogP contribution in [-0.2, 0) is 4.74 Å². The molecule has 0 saturated carbocycles. The number of nitrogens with zero attached hydrogens (tertiary/aromatic N) is 2. The van der Waals surface area contributed by atoms with Crippen LogP contribution in [0, 0.1) is 0 Å². The van der Waals surface area contributed by atoms with E-state index in [-0.39, 0.29) is 5.69 Å². The Morgan fingerprint density at radius 2 is 1.70 bits per heavy atom. The van der Waals surface area contributed by atoms with Crippen molar-refractivity contribution >= 4 is 5.97 Å². The van der Waals surface area contributed by atoms with Gasteiger partial charge in [-0.15, -0.1) is 0 Å². The van der Waals surface area contributed by atoms with Gasteiger partial charge in [-0.05, 0) is 30.3 Å². The van der Waals surface area contributed by atoms with Crippen molar-refractivity contribution in [2.75, 3.05) is 14.2 Å². The van der Waals surface area contributed by atoms with E-state index in [1.54, 1.807) is 17.9 Å². The zero-order valence-electron chi connectivity index (χ0n) is 12.9. The van der Waals surface area contributed by atoms with Gasteiger partial charge in [0.25, 0.3) is 0 Å². The number of hydrogen-bond acceptors (Lipinski definition) is 4. The smallest absolute Gasteiger partial charge is 0.358 e. The second-order valence-corrected chi connectivity index (χ2v) is 4.88. The SMILES string of the molecule is COC(=O)c1cc(-c2ccccc2)n(-c2ccc(OC)cc2)n1. The minimum atomic E-state index is -0.463. The molecule has 5 heteroatoms. The summed E-state index contributed by atoms with van der Waals surface area (Å²) in [6.07, 6.45) is 0. The molecule has 0 bridgehead atoms. The first-order chi connectivity index (χ1) is 11.2. The molecule has 0 aliphatic rings. The molecule has 0 atom stereocenters. The summed E-state index contributed by atoms with van der Waals surface area (Å²) in [5.41, 5.74) is 2.88. The fourth-order valence-electron chi connectivity index (χ4n) is 2.32. The molecule has 0 aliphatic carbocycles. The van der Waals surface area contributed by atoms with Crippen molar-refractivity contribution in [3.05, 3.63) is 66.4 Å². The molecule has 0 saturated heterocycles. The van der Waals surface area contributed by atoms with E-state index in [4.69, 9.17) is 9.47 Å². The summed E-state index contributed by atoms with van der Waals surface area (Å²) in [5, 5.41) is 4.38. The maximum atomic E-state index is 11.8. The van der Waals surface area contributed by atoms with Gasteiger partial charge in [-0.2, -0.15) is 5.10 Å². The Hall–Kier alpha value is -3.08. The standard InChI is InChI=1S/C18H16N2O3/c1-22-15-10-8-14(9-11-15)20-17(13-6-4-3-5-7-13)12-16(19-20)18(21)23-2/h3-12H,1-2H3. The molecule has 1 aromatic heterocycles. The third kappa shape index (κ3) is 2.94. The fraction of sp³-hybridized carbons (Fsp3) is 0.111. The summed E-state index contributed by atoms with van der Waals surface area (Å²) in [7, 11) is 2.96. The molecule has 0 amide bonds. The van der Waals surface area contributed by atoms with Crippen LogP contribution in [0.1, 0.15) is 10.5 Å². The lowest BCUT2D eigenvalue weighted by Crippen LogP contribution is -2.04. The highest BCUT2D eigenvalue weighted by molar-refractivity contribution is 5.88. The quantitative estimate of drug-likeness (QED) is 0.694. The number of hydrogen-bond donors (Lipinski definition) is 0. The Morgan fingerprint density at radius 3 is 2.30 bits per heavy atom. The van der Waals surface area contributed by atoms with Crippen LogP contribution >= 0.6 is 0 Å². The Labute approximate surface area is 134 Å². The van der Waals surface area contributed by atoms with E-state index in [2.05, 4.69) is 5.10 Å². The van der Waals surface area contributed by atoms with Crippen molar-refractivity contribution in [2.24, 2.45) is 0 Å². The normalized spacial score (nSPS) is 10.3. The Bertz CT molecular complexity index is 808. The van der Waals surface area contributed by atoms with Crippen LogP contribution in [0.5, 0.6) is 5.75 Å². The predicted molar refractivity (Wildman–Crippen MR) is 86.9 cm³/mol. The maximum absolute atomic E-state index is 11.8. The van der Waals surface area contributed by atoms with Gasteiger partial charge in [0.15, 0.2) is 5.69 Å². The van der Waals surface area contributed by atoms with Crippen molar-refractivity contribution in [1.29, 1.82) is 0 Å². The van der Waals surface area contributed by atoms with E-state index in [1.807, 2.05) is 54.6 Å². The van der Waals surface area contributed by atoms with Crippen LogP contribution in [0.4, 0.5) is 0 Å². The molecule has 116 valence electrons. The molecule has 3 aromatic rings. The molecule has 0 fully saturated rings. The molecule has 1 heterocycles. The monoisotopic (exact) mass is 308 g/mol. The van der Waals surface area contributed by atoms with Crippen molar-refractivity contribution in [2.45, 2.75) is 0 Å². The van der Waals surface area contributed by atoms with Crippen molar-refractivity contribution in [1.82, 2.24) is 9.78 Å². The number of ether oxygens (including phenoxy) is 2. The lowest BCUT2D eigenvalue weighted by Gasteiger charge is -2.08.